The van der Waals surface area contributed by atoms with Crippen molar-refractivity contribution in [2.45, 2.75) is 6.54 Å². The van der Waals surface area contributed by atoms with Crippen molar-refractivity contribution in [2.24, 2.45) is 0 Å². The molecular weight excluding hydrogens is 190 g/mol. The zero-order chi connectivity index (χ0) is 10.4. The Kier molecular flexibility index (Phi) is 1.50. The number of aromatic nitrogens is 3. The first-order valence-corrected chi connectivity index (χ1v) is 4.76. The Balaban J connectivity index is 2.33. The molecule has 0 aliphatic carbocycles. The number of nitrogen functional groups attached to an aromatic ring is 1. The fourth-order valence-electron chi connectivity index (χ4n) is 2.00. The van der Waals surface area contributed by atoms with Crippen LogP contribution in [0.1, 0.15) is 5.82 Å². The molecule has 15 heavy (non-hydrogen) atoms. The molecule has 0 radical (unpaired) electrons. The molecule has 0 amide bonds. The Labute approximate surface area is 87.1 Å². The number of hydrogen-bond donors (Lipinski definition) is 1. The summed E-state index contributed by atoms with van der Waals surface area (Å²) in [6.07, 6.45) is 1.57. The first kappa shape index (κ1) is 8.28. The fourth-order valence-corrected chi connectivity index (χ4v) is 2.00. The predicted octanol–water partition coefficient (Wildman–Crippen LogP) is 0.799. The van der Waals surface area contributed by atoms with E-state index >= 15 is 0 Å². The molecule has 2 aromatic rings. The van der Waals surface area contributed by atoms with E-state index < -0.39 is 0 Å². The van der Waals surface area contributed by atoms with E-state index in [9.17, 15) is 0 Å². The SMILES string of the molecule is CN1Cc2ncnn2-c2cccc(N)c21. The summed E-state index contributed by atoms with van der Waals surface area (Å²) in [5, 5.41) is 4.20. The van der Waals surface area contributed by atoms with Gasteiger partial charge in [0.1, 0.15) is 6.33 Å². The maximum atomic E-state index is 5.95. The third-order valence-corrected chi connectivity index (χ3v) is 2.65. The molecule has 0 saturated carbocycles. The number of rotatable bonds is 0. The molecule has 2 N–H and O–H groups in total. The molecule has 0 atom stereocenters. The Morgan fingerprint density at radius 3 is 3.13 bits per heavy atom. The highest BCUT2D eigenvalue weighted by atomic mass is 15.4. The molecule has 0 spiro atoms. The highest BCUT2D eigenvalue weighted by molar-refractivity contribution is 5.78. The second-order valence-electron chi connectivity index (χ2n) is 3.66. The molecule has 1 aromatic carbocycles. The Bertz CT molecular complexity index is 516. The number of para-hydroxylation sites is 1. The van der Waals surface area contributed by atoms with Crippen LogP contribution in [-0.4, -0.2) is 21.8 Å². The fraction of sp³-hybridized carbons (Fsp3) is 0.200. The molecule has 1 aliphatic rings. The molecule has 1 aromatic heterocycles. The quantitative estimate of drug-likeness (QED) is 0.640. The normalized spacial score (nSPS) is 13.5. The van der Waals surface area contributed by atoms with Gasteiger partial charge in [-0.2, -0.15) is 5.10 Å². The van der Waals surface area contributed by atoms with Crippen LogP contribution in [0.2, 0.25) is 0 Å². The topological polar surface area (TPSA) is 60.0 Å². The van der Waals surface area contributed by atoms with Crippen LogP contribution in [-0.2, 0) is 6.54 Å². The van der Waals surface area contributed by atoms with Crippen LogP contribution in [0.15, 0.2) is 24.5 Å². The van der Waals surface area contributed by atoms with E-state index in [1.807, 2.05) is 29.9 Å². The molecule has 0 unspecified atom stereocenters. The van der Waals surface area contributed by atoms with Crippen LogP contribution in [0.3, 0.4) is 0 Å². The van der Waals surface area contributed by atoms with Gasteiger partial charge in [-0.15, -0.1) is 0 Å². The average molecular weight is 201 g/mol. The van der Waals surface area contributed by atoms with Crippen molar-refractivity contribution in [3.05, 3.63) is 30.4 Å². The van der Waals surface area contributed by atoms with E-state index in [0.29, 0.717) is 0 Å². The monoisotopic (exact) mass is 201 g/mol. The summed E-state index contributed by atoms with van der Waals surface area (Å²) in [6, 6.07) is 5.83. The Hall–Kier alpha value is -2.04. The standard InChI is InChI=1S/C10H11N5/c1-14-5-9-12-6-13-15(9)8-4-2-3-7(11)10(8)14/h2-4,6H,5,11H2,1H3. The molecule has 0 fully saturated rings. The van der Waals surface area contributed by atoms with Gasteiger partial charge in [0.25, 0.3) is 0 Å². The van der Waals surface area contributed by atoms with Crippen molar-refractivity contribution in [3.8, 4) is 5.69 Å². The summed E-state index contributed by atoms with van der Waals surface area (Å²) in [5.41, 5.74) is 8.75. The zero-order valence-corrected chi connectivity index (χ0v) is 8.38. The van der Waals surface area contributed by atoms with Crippen molar-refractivity contribution in [3.63, 3.8) is 0 Å². The summed E-state index contributed by atoms with van der Waals surface area (Å²) in [6.45, 7) is 0.737. The van der Waals surface area contributed by atoms with E-state index in [-0.39, 0.29) is 0 Å². The van der Waals surface area contributed by atoms with Gasteiger partial charge in [-0.25, -0.2) is 9.67 Å². The lowest BCUT2D eigenvalue weighted by molar-refractivity contribution is 0.726. The minimum atomic E-state index is 0.737. The van der Waals surface area contributed by atoms with Gasteiger partial charge in [0.05, 0.1) is 23.6 Å². The van der Waals surface area contributed by atoms with Gasteiger partial charge in [0, 0.05) is 7.05 Å². The summed E-state index contributed by atoms with van der Waals surface area (Å²) in [4.78, 5) is 6.30. The lowest BCUT2D eigenvalue weighted by Gasteiger charge is -2.28. The number of hydrogen-bond acceptors (Lipinski definition) is 4. The molecule has 0 saturated heterocycles. The molecule has 76 valence electrons. The van der Waals surface area contributed by atoms with Gasteiger partial charge < -0.3 is 10.6 Å². The maximum Gasteiger partial charge on any atom is 0.151 e. The second kappa shape index (κ2) is 2.73. The van der Waals surface area contributed by atoms with Crippen LogP contribution in [0, 0.1) is 0 Å². The largest absolute Gasteiger partial charge is 0.397 e. The van der Waals surface area contributed by atoms with Crippen LogP contribution in [0.4, 0.5) is 11.4 Å². The predicted molar refractivity (Wildman–Crippen MR) is 57.9 cm³/mol. The summed E-state index contributed by atoms with van der Waals surface area (Å²) in [5.74, 6) is 0.940. The van der Waals surface area contributed by atoms with Gasteiger partial charge in [-0.3, -0.25) is 0 Å². The van der Waals surface area contributed by atoms with E-state index in [1.54, 1.807) is 6.33 Å². The van der Waals surface area contributed by atoms with Crippen LogP contribution >= 0.6 is 0 Å². The van der Waals surface area contributed by atoms with E-state index in [4.69, 9.17) is 5.73 Å². The average Bonchev–Trinajstić information content (AvgIpc) is 2.65. The lowest BCUT2D eigenvalue weighted by atomic mass is 10.2. The smallest absolute Gasteiger partial charge is 0.151 e. The number of benzene rings is 1. The van der Waals surface area contributed by atoms with Crippen LogP contribution in [0.5, 0.6) is 0 Å². The van der Waals surface area contributed by atoms with Crippen molar-refractivity contribution >= 4 is 11.4 Å². The zero-order valence-electron chi connectivity index (χ0n) is 8.38. The van der Waals surface area contributed by atoms with Gasteiger partial charge in [0.15, 0.2) is 5.82 Å². The van der Waals surface area contributed by atoms with Crippen molar-refractivity contribution in [1.82, 2.24) is 14.8 Å². The molecule has 2 heterocycles. The second-order valence-corrected chi connectivity index (χ2v) is 3.66. The summed E-state index contributed by atoms with van der Waals surface area (Å²) >= 11 is 0. The highest BCUT2D eigenvalue weighted by Crippen LogP contribution is 2.34. The highest BCUT2D eigenvalue weighted by Gasteiger charge is 2.22. The Morgan fingerprint density at radius 2 is 2.27 bits per heavy atom. The molecule has 0 bridgehead atoms. The Morgan fingerprint density at radius 1 is 1.40 bits per heavy atom. The van der Waals surface area contributed by atoms with Crippen molar-refractivity contribution in [1.29, 1.82) is 0 Å². The van der Waals surface area contributed by atoms with Gasteiger partial charge in [0.2, 0.25) is 0 Å². The molecule has 5 nitrogen and oxygen atoms in total. The summed E-state index contributed by atoms with van der Waals surface area (Å²) in [7, 11) is 2.01. The first-order chi connectivity index (χ1) is 7.27. The molecule has 3 rings (SSSR count). The molecule has 5 heteroatoms. The van der Waals surface area contributed by atoms with Gasteiger partial charge >= 0.3 is 0 Å². The van der Waals surface area contributed by atoms with E-state index in [2.05, 4.69) is 15.0 Å². The number of nitrogens with zero attached hydrogens (tertiary/aromatic N) is 4. The van der Waals surface area contributed by atoms with Crippen LogP contribution in [0.25, 0.3) is 5.69 Å². The van der Waals surface area contributed by atoms with E-state index in [0.717, 1.165) is 29.4 Å². The minimum absolute atomic E-state index is 0.737. The summed E-state index contributed by atoms with van der Waals surface area (Å²) < 4.78 is 1.84. The molecular formula is C10H11N5. The van der Waals surface area contributed by atoms with E-state index in [1.165, 1.54) is 0 Å². The lowest BCUT2D eigenvalue weighted by Crippen LogP contribution is -2.27. The molecule has 1 aliphatic heterocycles. The number of fused-ring (bicyclic) bond motifs is 3. The maximum absolute atomic E-state index is 5.95. The number of nitrogens with two attached hydrogens (primary N) is 1. The van der Waals surface area contributed by atoms with Gasteiger partial charge in [-0.05, 0) is 12.1 Å². The van der Waals surface area contributed by atoms with Crippen LogP contribution < -0.4 is 10.6 Å². The van der Waals surface area contributed by atoms with Gasteiger partial charge in [-0.1, -0.05) is 6.07 Å². The first-order valence-electron chi connectivity index (χ1n) is 4.76. The van der Waals surface area contributed by atoms with Crippen molar-refractivity contribution < 1.29 is 0 Å². The minimum Gasteiger partial charge on any atom is -0.397 e. The number of anilines is 2. The third-order valence-electron chi connectivity index (χ3n) is 2.65. The third kappa shape index (κ3) is 1.03. The van der Waals surface area contributed by atoms with Crippen molar-refractivity contribution in [2.75, 3.05) is 17.7 Å².